The Morgan fingerprint density at radius 3 is 2.47 bits per heavy atom. The fourth-order valence-electron chi connectivity index (χ4n) is 2.67. The van der Waals surface area contributed by atoms with Crippen LogP contribution in [0.3, 0.4) is 0 Å². The summed E-state index contributed by atoms with van der Waals surface area (Å²) in [5, 5.41) is 9.21. The van der Waals surface area contributed by atoms with E-state index in [-0.39, 0.29) is 17.4 Å². The zero-order chi connectivity index (χ0) is 12.4. The molecule has 1 spiro atoms. The summed E-state index contributed by atoms with van der Waals surface area (Å²) in [7, 11) is 0. The van der Waals surface area contributed by atoms with Gasteiger partial charge in [-0.05, 0) is 18.3 Å². The third-order valence-corrected chi connectivity index (χ3v) is 7.07. The molecule has 2 atom stereocenters. The van der Waals surface area contributed by atoms with Gasteiger partial charge >= 0.3 is 6.18 Å². The fourth-order valence-corrected chi connectivity index (χ4v) is 6.21. The summed E-state index contributed by atoms with van der Waals surface area (Å²) in [5.74, 6) is -0.963. The first kappa shape index (κ1) is 11.8. The number of carbonyl (C=O) groups is 1. The molecule has 0 bridgehead atoms. The second-order valence-corrected chi connectivity index (χ2v) is 7.34. The molecule has 3 rings (SSSR count). The predicted octanol–water partition coefficient (Wildman–Crippen LogP) is 2.76. The molecule has 1 aliphatic heterocycles. The molecule has 2 nitrogen and oxygen atoms in total. The van der Waals surface area contributed by atoms with Gasteiger partial charge in [0.2, 0.25) is 5.76 Å². The van der Waals surface area contributed by atoms with E-state index < -0.39 is 21.8 Å². The number of halogens is 3. The van der Waals surface area contributed by atoms with Crippen LogP contribution in [0.1, 0.15) is 6.42 Å². The Labute approximate surface area is 104 Å². The van der Waals surface area contributed by atoms with Gasteiger partial charge in [0.1, 0.15) is 4.08 Å². The van der Waals surface area contributed by atoms with Gasteiger partial charge in [-0.2, -0.15) is 13.2 Å². The smallest absolute Gasteiger partial charge is 0.449 e. The predicted molar refractivity (Wildman–Crippen MR) is 60.0 cm³/mol. The average Bonchev–Trinajstić information content (AvgIpc) is 2.81. The summed E-state index contributed by atoms with van der Waals surface area (Å²) < 4.78 is 36.7. The van der Waals surface area contributed by atoms with Crippen molar-refractivity contribution < 1.29 is 23.1 Å². The summed E-state index contributed by atoms with van der Waals surface area (Å²) in [6.45, 7) is 0. The normalized spacial score (nSPS) is 37.5. The van der Waals surface area contributed by atoms with Crippen LogP contribution < -0.4 is 0 Å². The van der Waals surface area contributed by atoms with Crippen molar-refractivity contribution in [2.45, 2.75) is 16.7 Å². The summed E-state index contributed by atoms with van der Waals surface area (Å²) >= 11 is 2.89. The number of thioether (sulfide) groups is 2. The minimum atomic E-state index is -4.81. The van der Waals surface area contributed by atoms with Crippen LogP contribution in [-0.4, -0.2) is 32.7 Å². The van der Waals surface area contributed by atoms with E-state index in [0.29, 0.717) is 6.42 Å². The second-order valence-electron chi connectivity index (χ2n) is 4.40. The second kappa shape index (κ2) is 3.38. The van der Waals surface area contributed by atoms with Crippen LogP contribution >= 0.6 is 23.5 Å². The van der Waals surface area contributed by atoms with Gasteiger partial charge in [-0.3, -0.25) is 4.79 Å². The maximum absolute atomic E-state index is 12.5. The highest BCUT2D eigenvalue weighted by molar-refractivity contribution is 8.22. The van der Waals surface area contributed by atoms with E-state index in [0.717, 1.165) is 11.5 Å². The molecule has 1 saturated heterocycles. The number of hydrogen-bond acceptors (Lipinski definition) is 4. The Balaban J connectivity index is 2.03. The number of ketones is 1. The number of fused-ring (bicyclic) bond motifs is 2. The van der Waals surface area contributed by atoms with Crippen LogP contribution in [-0.2, 0) is 4.79 Å². The third-order valence-electron chi connectivity index (χ3n) is 3.45. The fraction of sp³-hybridized carbons (Fsp3) is 0.700. The lowest BCUT2D eigenvalue weighted by Crippen LogP contribution is -2.30. The van der Waals surface area contributed by atoms with Crippen molar-refractivity contribution in [2.24, 2.45) is 11.8 Å². The molecule has 0 radical (unpaired) electrons. The van der Waals surface area contributed by atoms with Gasteiger partial charge in [-0.1, -0.05) is 0 Å². The molecule has 17 heavy (non-hydrogen) atoms. The SMILES string of the molecule is O=C1/C(=C(\O)C(F)(F)F)[C@H]2CC2C12SCCS2. The van der Waals surface area contributed by atoms with Gasteiger partial charge in [0.15, 0.2) is 5.78 Å². The first-order valence-corrected chi connectivity index (χ1v) is 7.18. The largest absolute Gasteiger partial charge is 0.504 e. The molecular weight excluding hydrogens is 273 g/mol. The molecule has 0 amide bonds. The molecule has 7 heteroatoms. The Hall–Kier alpha value is -0.300. The molecule has 3 fully saturated rings. The molecule has 0 aromatic carbocycles. The van der Waals surface area contributed by atoms with E-state index in [1.807, 2.05) is 0 Å². The minimum absolute atomic E-state index is 0.00741. The number of hydrogen-bond donors (Lipinski definition) is 1. The molecule has 0 aromatic heterocycles. The Morgan fingerprint density at radius 1 is 1.35 bits per heavy atom. The standard InChI is InChI=1S/C10H9F3O2S2/c11-10(12,13)8(15)6-4-3-5(4)9(7(6)14)16-1-2-17-9/h4-5,15H,1-3H2/b8-6-/t4-,5?/m0/s1. The summed E-state index contributed by atoms with van der Waals surface area (Å²) in [6, 6.07) is 0. The maximum Gasteiger partial charge on any atom is 0.449 e. The number of Topliss-reactive ketones (excluding diaryl/α,β-unsaturated/α-hetero) is 1. The van der Waals surface area contributed by atoms with E-state index in [1.54, 1.807) is 0 Å². The lowest BCUT2D eigenvalue weighted by atomic mass is 10.1. The van der Waals surface area contributed by atoms with Crippen molar-refractivity contribution in [3.05, 3.63) is 11.3 Å². The van der Waals surface area contributed by atoms with Crippen molar-refractivity contribution in [1.82, 2.24) is 0 Å². The quantitative estimate of drug-likeness (QED) is 0.547. The maximum atomic E-state index is 12.5. The molecule has 2 aliphatic carbocycles. The minimum Gasteiger partial charge on any atom is -0.504 e. The highest BCUT2D eigenvalue weighted by atomic mass is 32.2. The number of aliphatic hydroxyl groups excluding tert-OH is 1. The van der Waals surface area contributed by atoms with Crippen LogP contribution in [0.15, 0.2) is 11.3 Å². The highest BCUT2D eigenvalue weighted by Gasteiger charge is 2.69. The van der Waals surface area contributed by atoms with Gasteiger partial charge in [-0.15, -0.1) is 23.5 Å². The van der Waals surface area contributed by atoms with Crippen molar-refractivity contribution in [3.63, 3.8) is 0 Å². The summed E-state index contributed by atoms with van der Waals surface area (Å²) in [5.41, 5.74) is -0.371. The number of alkyl halides is 3. The monoisotopic (exact) mass is 282 g/mol. The molecule has 3 aliphatic rings. The van der Waals surface area contributed by atoms with Gasteiger partial charge < -0.3 is 5.11 Å². The molecule has 94 valence electrons. The lowest BCUT2D eigenvalue weighted by Gasteiger charge is -2.21. The van der Waals surface area contributed by atoms with Gasteiger partial charge in [0.05, 0.1) is 0 Å². The van der Waals surface area contributed by atoms with E-state index in [9.17, 15) is 23.1 Å². The van der Waals surface area contributed by atoms with Gasteiger partial charge in [0, 0.05) is 17.1 Å². The number of rotatable bonds is 0. The topological polar surface area (TPSA) is 37.3 Å². The Morgan fingerprint density at radius 2 is 1.94 bits per heavy atom. The zero-order valence-electron chi connectivity index (χ0n) is 8.58. The van der Waals surface area contributed by atoms with Crippen molar-refractivity contribution in [2.75, 3.05) is 11.5 Å². The van der Waals surface area contributed by atoms with Crippen LogP contribution in [0.25, 0.3) is 0 Å². The first-order valence-electron chi connectivity index (χ1n) is 5.21. The molecule has 1 unspecified atom stereocenters. The lowest BCUT2D eigenvalue weighted by molar-refractivity contribution is -0.127. The Kier molecular flexibility index (Phi) is 2.34. The van der Waals surface area contributed by atoms with Crippen LogP contribution in [0.2, 0.25) is 0 Å². The zero-order valence-corrected chi connectivity index (χ0v) is 10.2. The highest BCUT2D eigenvalue weighted by Crippen LogP contribution is 2.70. The average molecular weight is 282 g/mol. The van der Waals surface area contributed by atoms with E-state index >= 15 is 0 Å². The van der Waals surface area contributed by atoms with E-state index in [1.165, 1.54) is 23.5 Å². The molecule has 2 saturated carbocycles. The van der Waals surface area contributed by atoms with Crippen molar-refractivity contribution in [1.29, 1.82) is 0 Å². The summed E-state index contributed by atoms with van der Waals surface area (Å²) in [6.07, 6.45) is -4.21. The van der Waals surface area contributed by atoms with Gasteiger partial charge in [-0.25, -0.2) is 0 Å². The first-order chi connectivity index (χ1) is 7.88. The van der Waals surface area contributed by atoms with E-state index in [2.05, 4.69) is 0 Å². The molecular formula is C10H9F3O2S2. The molecule has 0 aromatic rings. The van der Waals surface area contributed by atoms with Crippen LogP contribution in [0.4, 0.5) is 13.2 Å². The van der Waals surface area contributed by atoms with Gasteiger partial charge in [0.25, 0.3) is 0 Å². The third kappa shape index (κ3) is 1.47. The van der Waals surface area contributed by atoms with E-state index in [4.69, 9.17) is 0 Å². The van der Waals surface area contributed by atoms with Crippen LogP contribution in [0, 0.1) is 11.8 Å². The molecule has 1 N–H and O–H groups in total. The van der Waals surface area contributed by atoms with Crippen LogP contribution in [0.5, 0.6) is 0 Å². The van der Waals surface area contributed by atoms with Crippen molar-refractivity contribution >= 4 is 29.3 Å². The van der Waals surface area contributed by atoms with Crippen molar-refractivity contribution in [3.8, 4) is 0 Å². The summed E-state index contributed by atoms with van der Waals surface area (Å²) in [4.78, 5) is 12.1. The number of carbonyl (C=O) groups excluding carboxylic acids is 1. The number of aliphatic hydroxyl groups is 1. The number of allylic oxidation sites excluding steroid dienone is 2. The molecule has 1 heterocycles. The Bertz CT molecular complexity index is 424.